The number of anilines is 1. The average Bonchev–Trinajstić information content (AvgIpc) is 3.83. The molecule has 1 saturated heterocycles. The Labute approximate surface area is 347 Å². The van der Waals surface area contributed by atoms with Crippen LogP contribution in [0.4, 0.5) is 5.95 Å². The topological polar surface area (TPSA) is 159 Å². The van der Waals surface area contributed by atoms with Crippen molar-refractivity contribution in [1.29, 1.82) is 0 Å². The van der Waals surface area contributed by atoms with Crippen LogP contribution in [0.3, 0.4) is 0 Å². The molecule has 59 heavy (non-hydrogen) atoms. The molecular weight excluding hydrogens is 773 g/mol. The van der Waals surface area contributed by atoms with Crippen molar-refractivity contribution in [1.82, 2.24) is 24.3 Å². The summed E-state index contributed by atoms with van der Waals surface area (Å²) in [5.41, 5.74) is 8.86. The van der Waals surface area contributed by atoms with Gasteiger partial charge < -0.3 is 43.3 Å². The van der Waals surface area contributed by atoms with Gasteiger partial charge in [-0.25, -0.2) is 14.6 Å². The number of nitrogens with zero attached hydrogens (tertiary/aromatic N) is 6. The highest BCUT2D eigenvalue weighted by Gasteiger charge is 2.52. The SMILES string of the molecule is CC/C=N/OP(OC1C(COC(c2ccccc2)(c2ccc(OC)cc2)c2ccc(OC)cc2)OC(c2cnn3c(N)ncnc23)C1OCCOC)N(C(C)C)C(C)C. The monoisotopic (exact) mass is 829 g/mol. The van der Waals surface area contributed by atoms with Crippen LogP contribution in [0.25, 0.3) is 5.65 Å². The van der Waals surface area contributed by atoms with Gasteiger partial charge in [-0.3, -0.25) is 0 Å². The number of aromatic nitrogens is 4. The largest absolute Gasteiger partial charge is 0.497 e. The van der Waals surface area contributed by atoms with Crippen LogP contribution in [0.1, 0.15) is 69.4 Å². The van der Waals surface area contributed by atoms with Gasteiger partial charge in [0.05, 0.1) is 40.2 Å². The maximum atomic E-state index is 7.42. The molecule has 0 radical (unpaired) electrons. The van der Waals surface area contributed by atoms with Gasteiger partial charge in [0.1, 0.15) is 47.8 Å². The summed E-state index contributed by atoms with van der Waals surface area (Å²) in [4.78, 5) is 8.69. The number of nitrogens with two attached hydrogens (primary N) is 1. The first-order valence-corrected chi connectivity index (χ1v) is 20.9. The first-order chi connectivity index (χ1) is 28.7. The molecule has 5 unspecified atom stereocenters. The van der Waals surface area contributed by atoms with Crippen LogP contribution in [0.2, 0.25) is 0 Å². The second kappa shape index (κ2) is 20.5. The van der Waals surface area contributed by atoms with E-state index in [0.29, 0.717) is 35.7 Å². The molecule has 0 aliphatic carbocycles. The van der Waals surface area contributed by atoms with Gasteiger partial charge in [0, 0.05) is 31.0 Å². The Balaban J connectivity index is 1.51. The number of rotatable bonds is 21. The Morgan fingerprint density at radius 2 is 1.49 bits per heavy atom. The smallest absolute Gasteiger partial charge is 0.347 e. The van der Waals surface area contributed by atoms with Crippen LogP contribution in [0, 0.1) is 0 Å². The second-order valence-electron chi connectivity index (χ2n) is 14.5. The van der Waals surface area contributed by atoms with E-state index in [1.54, 1.807) is 33.7 Å². The first-order valence-electron chi connectivity index (χ1n) is 19.8. The lowest BCUT2D eigenvalue weighted by molar-refractivity contribution is -0.0805. The fourth-order valence-electron chi connectivity index (χ4n) is 7.36. The Bertz CT molecular complexity index is 2020. The van der Waals surface area contributed by atoms with E-state index in [-0.39, 0.29) is 31.2 Å². The molecule has 2 aromatic heterocycles. The van der Waals surface area contributed by atoms with E-state index in [4.69, 9.17) is 43.3 Å². The van der Waals surface area contributed by atoms with E-state index in [0.717, 1.165) is 16.7 Å². The number of oxime groups is 1. The van der Waals surface area contributed by atoms with Gasteiger partial charge in [0.15, 0.2) is 5.65 Å². The molecule has 0 saturated carbocycles. The Morgan fingerprint density at radius 1 is 0.864 bits per heavy atom. The quantitative estimate of drug-likeness (QED) is 0.0258. The number of hydrogen-bond donors (Lipinski definition) is 1. The Kier molecular flexibility index (Phi) is 15.2. The summed E-state index contributed by atoms with van der Waals surface area (Å²) in [5.74, 6) is 1.62. The molecule has 1 aliphatic rings. The summed E-state index contributed by atoms with van der Waals surface area (Å²) in [7, 11) is 3.12. The minimum Gasteiger partial charge on any atom is -0.497 e. The maximum absolute atomic E-state index is 7.42. The highest BCUT2D eigenvalue weighted by atomic mass is 31.2. The zero-order chi connectivity index (χ0) is 41.9. The molecule has 6 rings (SSSR count). The highest BCUT2D eigenvalue weighted by molar-refractivity contribution is 7.44. The predicted molar refractivity (Wildman–Crippen MR) is 226 cm³/mol. The summed E-state index contributed by atoms with van der Waals surface area (Å²) in [5, 5.41) is 8.86. The van der Waals surface area contributed by atoms with Gasteiger partial charge in [-0.2, -0.15) is 9.61 Å². The Morgan fingerprint density at radius 3 is 2.07 bits per heavy atom. The van der Waals surface area contributed by atoms with E-state index < -0.39 is 38.5 Å². The van der Waals surface area contributed by atoms with Crippen molar-refractivity contribution in [2.45, 2.75) is 83.1 Å². The van der Waals surface area contributed by atoms with Gasteiger partial charge in [0.25, 0.3) is 0 Å². The van der Waals surface area contributed by atoms with Crippen molar-refractivity contribution >= 4 is 26.3 Å². The molecule has 0 amide bonds. The molecule has 0 bridgehead atoms. The van der Waals surface area contributed by atoms with E-state index >= 15 is 0 Å². The molecule has 2 N–H and O–H groups in total. The van der Waals surface area contributed by atoms with Gasteiger partial charge in [-0.15, -0.1) is 0 Å². The predicted octanol–water partition coefficient (Wildman–Crippen LogP) is 7.35. The van der Waals surface area contributed by atoms with E-state index in [1.165, 1.54) is 10.8 Å². The molecular formula is C43H56N7O8P. The fourth-order valence-corrected chi connectivity index (χ4v) is 8.96. The minimum atomic E-state index is -1.80. The first kappa shape index (κ1) is 43.8. The number of benzene rings is 3. The Hall–Kier alpha value is -4.73. The molecule has 3 heterocycles. The third-order valence-electron chi connectivity index (χ3n) is 10.0. The lowest BCUT2D eigenvalue weighted by Gasteiger charge is -2.38. The van der Waals surface area contributed by atoms with Crippen LogP contribution in [0.15, 0.2) is 96.5 Å². The van der Waals surface area contributed by atoms with E-state index in [9.17, 15) is 0 Å². The normalized spacial score (nSPS) is 19.0. The average molecular weight is 830 g/mol. The number of fused-ring (bicyclic) bond motifs is 1. The third-order valence-corrected chi connectivity index (χ3v) is 12.0. The van der Waals surface area contributed by atoms with E-state index in [2.05, 4.69) is 64.7 Å². The molecule has 1 fully saturated rings. The van der Waals surface area contributed by atoms with Crippen LogP contribution in [-0.2, 0) is 33.7 Å². The molecule has 1 aliphatic heterocycles. The lowest BCUT2D eigenvalue weighted by atomic mass is 9.80. The molecule has 16 heteroatoms. The fraction of sp³-hybridized carbons (Fsp3) is 0.442. The number of methoxy groups -OCH3 is 3. The summed E-state index contributed by atoms with van der Waals surface area (Å²) in [6.45, 7) is 11.0. The lowest BCUT2D eigenvalue weighted by Crippen LogP contribution is -2.43. The van der Waals surface area contributed by atoms with Gasteiger partial charge in [0.2, 0.25) is 5.95 Å². The van der Waals surface area contributed by atoms with Crippen molar-refractivity contribution in [3.63, 3.8) is 0 Å². The van der Waals surface area contributed by atoms with Crippen LogP contribution < -0.4 is 15.2 Å². The van der Waals surface area contributed by atoms with Crippen LogP contribution in [-0.4, -0.2) is 102 Å². The highest BCUT2D eigenvalue weighted by Crippen LogP contribution is 2.52. The zero-order valence-corrected chi connectivity index (χ0v) is 35.9. The molecule has 15 nitrogen and oxygen atoms in total. The maximum Gasteiger partial charge on any atom is 0.347 e. The number of hydrogen-bond acceptors (Lipinski definition) is 14. The van der Waals surface area contributed by atoms with Crippen LogP contribution >= 0.6 is 8.53 Å². The number of ether oxygens (including phenoxy) is 6. The summed E-state index contributed by atoms with van der Waals surface area (Å²) >= 11 is 0. The molecule has 316 valence electrons. The van der Waals surface area contributed by atoms with Crippen molar-refractivity contribution < 1.29 is 37.6 Å². The third kappa shape index (κ3) is 9.68. The molecule has 3 aromatic carbocycles. The zero-order valence-electron chi connectivity index (χ0n) is 35.0. The van der Waals surface area contributed by atoms with Crippen molar-refractivity contribution in [3.8, 4) is 11.5 Å². The van der Waals surface area contributed by atoms with Crippen molar-refractivity contribution in [2.75, 3.05) is 46.9 Å². The molecule has 5 aromatic rings. The van der Waals surface area contributed by atoms with Gasteiger partial charge in [-0.05, 0) is 75.1 Å². The molecule has 0 spiro atoms. The summed E-state index contributed by atoms with van der Waals surface area (Å²) in [6.07, 6.45) is 2.58. The standard InChI is InChI=1S/C43H56N7O8P/c1-9-23-48-58-59(50(29(2)3)30(4)5)57-39-37(56-38(40(39)54-25-24-51-6)36-26-47-49-41(36)45-28-46-42(49)44)27-55-43(31-13-11-10-12-14-31,32-15-19-34(52-7)20-16-32)33-17-21-35(53-8)22-18-33/h10-23,26,28-30,37-40H,9,24-25,27H2,1-8H3,(H2,44,45,46)/b48-23+. The summed E-state index contributed by atoms with van der Waals surface area (Å²) in [6, 6.07) is 26.0. The number of nitrogen functional groups attached to an aromatic ring is 1. The van der Waals surface area contributed by atoms with Crippen LogP contribution in [0.5, 0.6) is 11.5 Å². The summed E-state index contributed by atoms with van der Waals surface area (Å²) < 4.78 is 54.9. The van der Waals surface area contributed by atoms with Gasteiger partial charge >= 0.3 is 8.53 Å². The van der Waals surface area contributed by atoms with Crippen molar-refractivity contribution in [3.05, 3.63) is 114 Å². The van der Waals surface area contributed by atoms with Gasteiger partial charge in [-0.1, -0.05) is 66.7 Å². The minimum absolute atomic E-state index is 0.0410. The molecule has 5 atom stereocenters. The van der Waals surface area contributed by atoms with E-state index in [1.807, 2.05) is 73.7 Å². The van der Waals surface area contributed by atoms with Crippen molar-refractivity contribution in [2.24, 2.45) is 5.16 Å². The second-order valence-corrected chi connectivity index (χ2v) is 15.8.